The molecular formula is C13H22N2O3. The van der Waals surface area contributed by atoms with Crippen LogP contribution in [-0.4, -0.2) is 41.6 Å². The fraction of sp³-hybridized carbons (Fsp3) is 0.846. The highest BCUT2D eigenvalue weighted by atomic mass is 16.4. The monoisotopic (exact) mass is 254 g/mol. The fourth-order valence-corrected chi connectivity index (χ4v) is 2.37. The van der Waals surface area contributed by atoms with Gasteiger partial charge in [-0.25, -0.2) is 4.79 Å². The molecule has 1 saturated heterocycles. The number of amides is 2. The zero-order valence-electron chi connectivity index (χ0n) is 10.9. The summed E-state index contributed by atoms with van der Waals surface area (Å²) in [5.41, 5.74) is 0.331. The van der Waals surface area contributed by atoms with Crippen LogP contribution in [0.5, 0.6) is 0 Å². The van der Waals surface area contributed by atoms with Crippen LogP contribution in [0.2, 0.25) is 0 Å². The molecule has 102 valence electrons. The second-order valence-corrected chi connectivity index (χ2v) is 6.00. The van der Waals surface area contributed by atoms with Gasteiger partial charge < -0.3 is 15.3 Å². The number of carbonyl (C=O) groups is 2. The molecule has 0 radical (unpaired) electrons. The maximum atomic E-state index is 11.9. The lowest BCUT2D eigenvalue weighted by molar-refractivity contribution is -0.137. The molecule has 18 heavy (non-hydrogen) atoms. The van der Waals surface area contributed by atoms with Gasteiger partial charge in [-0.1, -0.05) is 6.92 Å². The van der Waals surface area contributed by atoms with Gasteiger partial charge in [-0.2, -0.15) is 0 Å². The molecule has 0 aromatic heterocycles. The van der Waals surface area contributed by atoms with Crippen LogP contribution < -0.4 is 5.32 Å². The van der Waals surface area contributed by atoms with E-state index in [-0.39, 0.29) is 12.5 Å². The highest BCUT2D eigenvalue weighted by molar-refractivity contribution is 5.74. The van der Waals surface area contributed by atoms with Crippen LogP contribution in [0.4, 0.5) is 4.79 Å². The van der Waals surface area contributed by atoms with Gasteiger partial charge in [-0.3, -0.25) is 4.79 Å². The molecule has 2 amide bonds. The predicted octanol–water partition coefficient (Wildman–Crippen LogP) is 1.68. The van der Waals surface area contributed by atoms with E-state index in [1.807, 2.05) is 4.90 Å². The van der Waals surface area contributed by atoms with Gasteiger partial charge >= 0.3 is 12.0 Å². The second kappa shape index (κ2) is 5.16. The number of likely N-dealkylation sites (tertiary alicyclic amines) is 1. The fourth-order valence-electron chi connectivity index (χ4n) is 2.37. The first-order valence-electron chi connectivity index (χ1n) is 6.73. The van der Waals surface area contributed by atoms with E-state index in [9.17, 15) is 9.59 Å². The van der Waals surface area contributed by atoms with E-state index in [1.165, 1.54) is 12.8 Å². The van der Waals surface area contributed by atoms with Crippen molar-refractivity contribution in [1.29, 1.82) is 0 Å². The molecule has 1 aliphatic heterocycles. The van der Waals surface area contributed by atoms with Crippen LogP contribution in [0.15, 0.2) is 0 Å². The van der Waals surface area contributed by atoms with E-state index in [0.717, 1.165) is 19.5 Å². The van der Waals surface area contributed by atoms with Gasteiger partial charge in [0.1, 0.15) is 0 Å². The summed E-state index contributed by atoms with van der Waals surface area (Å²) in [5, 5.41) is 11.6. The van der Waals surface area contributed by atoms with Crippen LogP contribution >= 0.6 is 0 Å². The largest absolute Gasteiger partial charge is 0.481 e. The molecule has 0 spiro atoms. The molecule has 2 aliphatic rings. The van der Waals surface area contributed by atoms with Gasteiger partial charge in [0.2, 0.25) is 0 Å². The van der Waals surface area contributed by atoms with Crippen LogP contribution in [-0.2, 0) is 4.79 Å². The third kappa shape index (κ3) is 3.62. The zero-order valence-corrected chi connectivity index (χ0v) is 10.9. The summed E-state index contributed by atoms with van der Waals surface area (Å²) in [4.78, 5) is 24.2. The molecule has 1 aliphatic carbocycles. The van der Waals surface area contributed by atoms with Crippen molar-refractivity contribution < 1.29 is 14.7 Å². The Labute approximate surface area is 108 Å². The Morgan fingerprint density at radius 1 is 1.44 bits per heavy atom. The first kappa shape index (κ1) is 13.2. The maximum absolute atomic E-state index is 11.9. The van der Waals surface area contributed by atoms with Crippen LogP contribution in [0.1, 0.15) is 39.0 Å². The van der Waals surface area contributed by atoms with E-state index >= 15 is 0 Å². The number of hydrogen-bond acceptors (Lipinski definition) is 2. The summed E-state index contributed by atoms with van der Waals surface area (Å²) in [6, 6.07) is 0.0148. The first-order valence-corrected chi connectivity index (χ1v) is 6.73. The molecular weight excluding hydrogens is 232 g/mol. The molecule has 0 bridgehead atoms. The molecule has 5 nitrogen and oxygen atoms in total. The minimum atomic E-state index is -0.750. The van der Waals surface area contributed by atoms with Crippen molar-refractivity contribution in [3.63, 3.8) is 0 Å². The third-order valence-corrected chi connectivity index (χ3v) is 4.11. The SMILES string of the molecule is CC1(CNC(=O)N2CCC(CCC(=O)O)C2)CC1. The molecule has 5 heteroatoms. The number of aliphatic carboxylic acids is 1. The number of rotatable bonds is 5. The van der Waals surface area contributed by atoms with Crippen molar-refractivity contribution >= 4 is 12.0 Å². The molecule has 2 N–H and O–H groups in total. The van der Waals surface area contributed by atoms with Gasteiger partial charge in [0, 0.05) is 26.1 Å². The lowest BCUT2D eigenvalue weighted by Gasteiger charge is -2.19. The van der Waals surface area contributed by atoms with Gasteiger partial charge in [-0.05, 0) is 37.0 Å². The van der Waals surface area contributed by atoms with Crippen LogP contribution in [0, 0.1) is 11.3 Å². The van der Waals surface area contributed by atoms with Crippen molar-refractivity contribution in [3.05, 3.63) is 0 Å². The highest BCUT2D eigenvalue weighted by Gasteiger charge is 2.38. The highest BCUT2D eigenvalue weighted by Crippen LogP contribution is 2.44. The number of hydrogen-bond donors (Lipinski definition) is 2. The zero-order chi connectivity index (χ0) is 13.2. The number of carboxylic acids is 1. The number of carboxylic acid groups (broad SMARTS) is 1. The Hall–Kier alpha value is -1.26. The molecule has 2 rings (SSSR count). The van der Waals surface area contributed by atoms with Crippen molar-refractivity contribution in [2.45, 2.75) is 39.0 Å². The van der Waals surface area contributed by atoms with Crippen LogP contribution in [0.25, 0.3) is 0 Å². The molecule has 0 aromatic carbocycles. The van der Waals surface area contributed by atoms with Crippen molar-refractivity contribution in [3.8, 4) is 0 Å². The second-order valence-electron chi connectivity index (χ2n) is 6.00. The van der Waals surface area contributed by atoms with Gasteiger partial charge in [0.25, 0.3) is 0 Å². The molecule has 1 saturated carbocycles. The minimum absolute atomic E-state index is 0.0148. The van der Waals surface area contributed by atoms with Crippen molar-refractivity contribution in [2.24, 2.45) is 11.3 Å². The number of nitrogens with zero attached hydrogens (tertiary/aromatic N) is 1. The van der Waals surface area contributed by atoms with E-state index in [4.69, 9.17) is 5.11 Å². The average molecular weight is 254 g/mol. The van der Waals surface area contributed by atoms with Crippen molar-refractivity contribution in [1.82, 2.24) is 10.2 Å². The van der Waals surface area contributed by atoms with Gasteiger partial charge in [0.05, 0.1) is 0 Å². The molecule has 1 heterocycles. The van der Waals surface area contributed by atoms with E-state index < -0.39 is 5.97 Å². The summed E-state index contributed by atoms with van der Waals surface area (Å²) in [6.07, 6.45) is 4.22. The smallest absolute Gasteiger partial charge is 0.317 e. The summed E-state index contributed by atoms with van der Waals surface area (Å²) in [7, 11) is 0. The summed E-state index contributed by atoms with van der Waals surface area (Å²) in [5.74, 6) is -0.400. The quantitative estimate of drug-likeness (QED) is 0.784. The standard InChI is InChI=1S/C13H22N2O3/c1-13(5-6-13)9-14-12(18)15-7-4-10(8-15)2-3-11(16)17/h10H,2-9H2,1H3,(H,14,18)(H,16,17). The first-order chi connectivity index (χ1) is 8.48. The van der Waals surface area contributed by atoms with E-state index in [0.29, 0.717) is 24.3 Å². The Balaban J connectivity index is 1.67. The van der Waals surface area contributed by atoms with Crippen molar-refractivity contribution in [2.75, 3.05) is 19.6 Å². The number of nitrogens with one attached hydrogen (secondary N) is 1. The Morgan fingerprint density at radius 2 is 2.17 bits per heavy atom. The van der Waals surface area contributed by atoms with Gasteiger partial charge in [0.15, 0.2) is 0 Å². The summed E-state index contributed by atoms with van der Waals surface area (Å²) >= 11 is 0. The Kier molecular flexibility index (Phi) is 3.78. The third-order valence-electron chi connectivity index (χ3n) is 4.11. The predicted molar refractivity (Wildman–Crippen MR) is 67.3 cm³/mol. The van der Waals surface area contributed by atoms with Crippen LogP contribution in [0.3, 0.4) is 0 Å². The lowest BCUT2D eigenvalue weighted by Crippen LogP contribution is -2.40. The number of carbonyl (C=O) groups excluding carboxylic acids is 1. The number of urea groups is 1. The average Bonchev–Trinajstić information content (AvgIpc) is 2.89. The Morgan fingerprint density at radius 3 is 2.78 bits per heavy atom. The van der Waals surface area contributed by atoms with E-state index in [1.54, 1.807) is 0 Å². The maximum Gasteiger partial charge on any atom is 0.317 e. The minimum Gasteiger partial charge on any atom is -0.481 e. The Bertz CT molecular complexity index is 339. The topological polar surface area (TPSA) is 69.6 Å². The molecule has 1 atom stereocenters. The molecule has 1 unspecified atom stereocenters. The lowest BCUT2D eigenvalue weighted by atomic mass is 10.0. The summed E-state index contributed by atoms with van der Waals surface area (Å²) < 4.78 is 0. The van der Waals surface area contributed by atoms with E-state index in [2.05, 4.69) is 12.2 Å². The summed E-state index contributed by atoms with van der Waals surface area (Å²) in [6.45, 7) is 4.41. The van der Waals surface area contributed by atoms with Gasteiger partial charge in [-0.15, -0.1) is 0 Å². The normalized spacial score (nSPS) is 24.9. The molecule has 2 fully saturated rings. The molecule has 0 aromatic rings.